The average Bonchev–Trinajstić information content (AvgIpc) is 2.78. The molecule has 1 aromatic carbocycles. The summed E-state index contributed by atoms with van der Waals surface area (Å²) in [6, 6.07) is 11.7. The second kappa shape index (κ2) is 5.76. The molecule has 0 radical (unpaired) electrons. The number of rotatable bonds is 4. The number of amides is 1. The van der Waals surface area contributed by atoms with Crippen LogP contribution in [0.1, 0.15) is 49.5 Å². The van der Waals surface area contributed by atoms with E-state index in [1.807, 2.05) is 71.0 Å². The molecule has 1 aromatic heterocycles. The van der Waals surface area contributed by atoms with Crippen molar-refractivity contribution < 1.29 is 9.21 Å². The van der Waals surface area contributed by atoms with Crippen molar-refractivity contribution in [2.75, 3.05) is 0 Å². The number of carbonyl (C=O) groups excluding carboxylic acids is 1. The second-order valence-corrected chi connectivity index (χ2v) is 6.05. The number of carbonyl (C=O) groups is 1. The Labute approximate surface area is 126 Å². The molecule has 0 aliphatic heterocycles. The molecule has 2 rings (SSSR count). The third kappa shape index (κ3) is 3.18. The maximum Gasteiger partial charge on any atom is 0.230 e. The molecule has 0 fully saturated rings. The number of aryl methyl sites for hydroxylation is 2. The quantitative estimate of drug-likeness (QED) is 0.920. The Balaban J connectivity index is 2.16. The molecule has 0 aliphatic carbocycles. The summed E-state index contributed by atoms with van der Waals surface area (Å²) in [6.45, 7) is 9.71. The summed E-state index contributed by atoms with van der Waals surface area (Å²) >= 11 is 0. The van der Waals surface area contributed by atoms with Crippen molar-refractivity contribution in [1.82, 2.24) is 5.32 Å². The minimum Gasteiger partial charge on any atom is -0.466 e. The third-order valence-corrected chi connectivity index (χ3v) is 3.96. The first kappa shape index (κ1) is 15.4. The van der Waals surface area contributed by atoms with Crippen molar-refractivity contribution in [2.24, 2.45) is 0 Å². The van der Waals surface area contributed by atoms with Gasteiger partial charge in [0.25, 0.3) is 0 Å². The standard InChI is InChI=1S/C18H23NO2/c1-12-11-16(14(3)21-12)13(2)19-17(20)18(4,5)15-9-7-6-8-10-15/h6-11,13H,1-5H3,(H,19,20). The Hall–Kier alpha value is -2.03. The van der Waals surface area contributed by atoms with Crippen LogP contribution in [0.5, 0.6) is 0 Å². The topological polar surface area (TPSA) is 42.2 Å². The molecule has 112 valence electrons. The summed E-state index contributed by atoms with van der Waals surface area (Å²) in [7, 11) is 0. The lowest BCUT2D eigenvalue weighted by Gasteiger charge is -2.26. The van der Waals surface area contributed by atoms with E-state index in [1.54, 1.807) is 0 Å². The molecule has 0 spiro atoms. The summed E-state index contributed by atoms with van der Waals surface area (Å²) in [5, 5.41) is 3.09. The molecule has 0 aliphatic rings. The summed E-state index contributed by atoms with van der Waals surface area (Å²) in [6.07, 6.45) is 0. The molecule has 1 atom stereocenters. The first-order valence-electron chi connectivity index (χ1n) is 7.26. The molecule has 1 N–H and O–H groups in total. The number of furan rings is 1. The van der Waals surface area contributed by atoms with Gasteiger partial charge in [-0.3, -0.25) is 4.79 Å². The number of nitrogens with one attached hydrogen (secondary N) is 1. The predicted molar refractivity (Wildman–Crippen MR) is 84.2 cm³/mol. The van der Waals surface area contributed by atoms with E-state index in [1.165, 1.54) is 0 Å². The number of hydrogen-bond acceptors (Lipinski definition) is 2. The van der Waals surface area contributed by atoms with Crippen molar-refractivity contribution in [3.8, 4) is 0 Å². The van der Waals surface area contributed by atoms with Gasteiger partial charge >= 0.3 is 0 Å². The van der Waals surface area contributed by atoms with Gasteiger partial charge < -0.3 is 9.73 Å². The highest BCUT2D eigenvalue weighted by Crippen LogP contribution is 2.26. The van der Waals surface area contributed by atoms with Crippen LogP contribution in [-0.2, 0) is 10.2 Å². The van der Waals surface area contributed by atoms with E-state index in [0.29, 0.717) is 0 Å². The molecule has 2 aromatic rings. The Morgan fingerprint density at radius 2 is 1.81 bits per heavy atom. The van der Waals surface area contributed by atoms with Gasteiger partial charge in [0.05, 0.1) is 11.5 Å². The molecule has 1 heterocycles. The van der Waals surface area contributed by atoms with E-state index in [0.717, 1.165) is 22.6 Å². The summed E-state index contributed by atoms with van der Waals surface area (Å²) in [4.78, 5) is 12.6. The van der Waals surface area contributed by atoms with Crippen LogP contribution in [0.2, 0.25) is 0 Å². The summed E-state index contributed by atoms with van der Waals surface area (Å²) in [5.41, 5.74) is 1.47. The predicted octanol–water partition coefficient (Wildman–Crippen LogP) is 4.05. The highest BCUT2D eigenvalue weighted by atomic mass is 16.3. The molecule has 21 heavy (non-hydrogen) atoms. The lowest BCUT2D eigenvalue weighted by molar-refractivity contribution is -0.126. The fourth-order valence-electron chi connectivity index (χ4n) is 2.52. The van der Waals surface area contributed by atoms with Crippen molar-refractivity contribution in [1.29, 1.82) is 0 Å². The summed E-state index contributed by atoms with van der Waals surface area (Å²) < 4.78 is 5.54. The van der Waals surface area contributed by atoms with Crippen LogP contribution in [0, 0.1) is 13.8 Å². The zero-order valence-electron chi connectivity index (χ0n) is 13.4. The molecular weight excluding hydrogens is 262 g/mol. The van der Waals surface area contributed by atoms with Gasteiger partial charge in [-0.1, -0.05) is 30.3 Å². The fraction of sp³-hybridized carbons (Fsp3) is 0.389. The Morgan fingerprint density at radius 3 is 2.33 bits per heavy atom. The molecule has 3 heteroatoms. The Kier molecular flexibility index (Phi) is 4.21. The number of benzene rings is 1. The molecular formula is C18H23NO2. The van der Waals surface area contributed by atoms with Crippen LogP contribution in [0.25, 0.3) is 0 Å². The van der Waals surface area contributed by atoms with Crippen molar-refractivity contribution in [3.63, 3.8) is 0 Å². The van der Waals surface area contributed by atoms with E-state index in [2.05, 4.69) is 5.32 Å². The monoisotopic (exact) mass is 285 g/mol. The lowest BCUT2D eigenvalue weighted by atomic mass is 9.83. The van der Waals surface area contributed by atoms with Gasteiger partial charge in [-0.25, -0.2) is 0 Å². The molecule has 0 bridgehead atoms. The fourth-order valence-corrected chi connectivity index (χ4v) is 2.52. The van der Waals surface area contributed by atoms with Gasteiger partial charge in [-0.2, -0.15) is 0 Å². The van der Waals surface area contributed by atoms with Crippen LogP contribution in [0.15, 0.2) is 40.8 Å². The lowest BCUT2D eigenvalue weighted by Crippen LogP contribution is -2.41. The van der Waals surface area contributed by atoms with E-state index in [-0.39, 0.29) is 11.9 Å². The first-order valence-corrected chi connectivity index (χ1v) is 7.26. The number of hydrogen-bond donors (Lipinski definition) is 1. The Bertz CT molecular complexity index is 626. The molecule has 3 nitrogen and oxygen atoms in total. The average molecular weight is 285 g/mol. The molecule has 1 amide bonds. The minimum absolute atomic E-state index is 0.0134. The molecule has 0 saturated carbocycles. The first-order chi connectivity index (χ1) is 9.82. The zero-order chi connectivity index (χ0) is 15.6. The van der Waals surface area contributed by atoms with Gasteiger partial charge in [0, 0.05) is 5.56 Å². The van der Waals surface area contributed by atoms with Crippen LogP contribution in [0.4, 0.5) is 0 Å². The van der Waals surface area contributed by atoms with Crippen LogP contribution in [-0.4, -0.2) is 5.91 Å². The normalized spacial score (nSPS) is 13.0. The maximum absolute atomic E-state index is 12.6. The Morgan fingerprint density at radius 1 is 1.19 bits per heavy atom. The largest absolute Gasteiger partial charge is 0.466 e. The van der Waals surface area contributed by atoms with Crippen molar-refractivity contribution in [3.05, 3.63) is 59.0 Å². The zero-order valence-corrected chi connectivity index (χ0v) is 13.4. The van der Waals surface area contributed by atoms with Crippen LogP contribution < -0.4 is 5.32 Å². The van der Waals surface area contributed by atoms with Crippen LogP contribution in [0.3, 0.4) is 0 Å². The van der Waals surface area contributed by atoms with Crippen molar-refractivity contribution >= 4 is 5.91 Å². The summed E-state index contributed by atoms with van der Waals surface area (Å²) in [5.74, 6) is 1.74. The van der Waals surface area contributed by atoms with Gasteiger partial charge in [0.1, 0.15) is 11.5 Å². The maximum atomic E-state index is 12.6. The van der Waals surface area contributed by atoms with E-state index >= 15 is 0 Å². The van der Waals surface area contributed by atoms with Gasteiger partial charge in [0.2, 0.25) is 5.91 Å². The van der Waals surface area contributed by atoms with Gasteiger partial charge in [0.15, 0.2) is 0 Å². The molecule has 1 unspecified atom stereocenters. The SMILES string of the molecule is Cc1cc(C(C)NC(=O)C(C)(C)c2ccccc2)c(C)o1. The van der Waals surface area contributed by atoms with E-state index in [4.69, 9.17) is 4.42 Å². The molecule has 0 saturated heterocycles. The minimum atomic E-state index is -0.567. The van der Waals surface area contributed by atoms with Gasteiger partial charge in [-0.05, 0) is 46.2 Å². The third-order valence-electron chi connectivity index (χ3n) is 3.96. The smallest absolute Gasteiger partial charge is 0.230 e. The van der Waals surface area contributed by atoms with Crippen molar-refractivity contribution in [2.45, 2.75) is 46.1 Å². The van der Waals surface area contributed by atoms with E-state index in [9.17, 15) is 4.79 Å². The van der Waals surface area contributed by atoms with Crippen LogP contribution >= 0.6 is 0 Å². The highest BCUT2D eigenvalue weighted by molar-refractivity contribution is 5.87. The van der Waals surface area contributed by atoms with E-state index < -0.39 is 5.41 Å². The van der Waals surface area contributed by atoms with Gasteiger partial charge in [-0.15, -0.1) is 0 Å². The highest BCUT2D eigenvalue weighted by Gasteiger charge is 2.31. The second-order valence-electron chi connectivity index (χ2n) is 6.05.